The van der Waals surface area contributed by atoms with Gasteiger partial charge in [-0.15, -0.1) is 0 Å². The van der Waals surface area contributed by atoms with Gasteiger partial charge in [-0.05, 0) is 42.9 Å². The van der Waals surface area contributed by atoms with E-state index in [1.54, 1.807) is 0 Å². The van der Waals surface area contributed by atoms with Gasteiger partial charge in [-0.2, -0.15) is 0 Å². The molecule has 2 aromatic carbocycles. The first-order chi connectivity index (χ1) is 11.1. The van der Waals surface area contributed by atoms with E-state index in [1.807, 2.05) is 60.4 Å². The molecule has 0 saturated heterocycles. The second-order valence-corrected chi connectivity index (χ2v) is 6.29. The average Bonchev–Trinajstić information content (AvgIpc) is 2.59. The number of hydrazine groups is 1. The van der Waals surface area contributed by atoms with Gasteiger partial charge in [0.2, 0.25) is 0 Å². The molecule has 0 atom stereocenters. The number of rotatable bonds is 6. The number of thiocarbonyl (C=S) groups is 1. The molecular weight excluding hydrogens is 374 g/mol. The first-order valence-corrected chi connectivity index (χ1v) is 8.54. The van der Waals surface area contributed by atoms with Gasteiger partial charge in [0.1, 0.15) is 12.4 Å². The number of hydrogen-bond acceptors (Lipinski definition) is 3. The molecular formula is C17H20BrN3OS. The zero-order valence-corrected chi connectivity index (χ0v) is 15.4. The van der Waals surface area contributed by atoms with Crippen LogP contribution in [0.5, 0.6) is 5.75 Å². The highest BCUT2D eigenvalue weighted by Crippen LogP contribution is 2.25. The molecule has 0 aromatic heterocycles. The van der Waals surface area contributed by atoms with Crippen LogP contribution in [0.25, 0.3) is 0 Å². The molecule has 2 aromatic rings. The van der Waals surface area contributed by atoms with E-state index < -0.39 is 0 Å². The zero-order chi connectivity index (χ0) is 16.7. The number of ether oxygens (including phenoxy) is 1. The summed E-state index contributed by atoms with van der Waals surface area (Å²) in [6.45, 7) is 3.95. The second kappa shape index (κ2) is 8.86. The second-order valence-electron chi connectivity index (χ2n) is 4.99. The maximum Gasteiger partial charge on any atom is 0.183 e. The van der Waals surface area contributed by atoms with Gasteiger partial charge in [0, 0.05) is 23.1 Å². The fraction of sp³-hybridized carbons (Fsp3) is 0.235. The normalized spacial score (nSPS) is 10.2. The zero-order valence-electron chi connectivity index (χ0n) is 13.0. The summed E-state index contributed by atoms with van der Waals surface area (Å²) >= 11 is 8.74. The molecule has 0 unspecified atom stereocenters. The summed E-state index contributed by atoms with van der Waals surface area (Å²) < 4.78 is 7.00. The van der Waals surface area contributed by atoms with Gasteiger partial charge in [0.05, 0.1) is 0 Å². The fourth-order valence-corrected chi connectivity index (χ4v) is 2.77. The van der Waals surface area contributed by atoms with Crippen LogP contribution in [0.15, 0.2) is 53.0 Å². The molecule has 3 N–H and O–H groups in total. The highest BCUT2D eigenvalue weighted by molar-refractivity contribution is 9.10. The molecule has 0 aliphatic carbocycles. The summed E-state index contributed by atoms with van der Waals surface area (Å²) in [6.07, 6.45) is 0. The summed E-state index contributed by atoms with van der Waals surface area (Å²) in [6, 6.07) is 16.1. The number of nitrogens with one attached hydrogen (secondary N) is 1. The minimum atomic E-state index is 0.515. The van der Waals surface area contributed by atoms with Crippen LogP contribution in [-0.2, 0) is 13.2 Å². The number of benzene rings is 2. The van der Waals surface area contributed by atoms with Crippen molar-refractivity contribution >= 4 is 33.3 Å². The molecule has 122 valence electrons. The molecule has 4 nitrogen and oxygen atoms in total. The molecule has 0 radical (unpaired) electrons. The van der Waals surface area contributed by atoms with Crippen LogP contribution >= 0.6 is 28.1 Å². The first kappa shape index (κ1) is 17.7. The highest BCUT2D eigenvalue weighted by atomic mass is 79.9. The van der Waals surface area contributed by atoms with E-state index in [9.17, 15) is 0 Å². The number of nitrogens with two attached hydrogens (primary N) is 1. The van der Waals surface area contributed by atoms with E-state index >= 15 is 0 Å². The van der Waals surface area contributed by atoms with E-state index in [0.717, 1.165) is 27.9 Å². The van der Waals surface area contributed by atoms with Gasteiger partial charge in [-0.1, -0.05) is 46.3 Å². The van der Waals surface area contributed by atoms with Crippen molar-refractivity contribution < 1.29 is 4.74 Å². The first-order valence-electron chi connectivity index (χ1n) is 7.34. The molecule has 0 heterocycles. The van der Waals surface area contributed by atoms with Gasteiger partial charge in [-0.3, -0.25) is 0 Å². The van der Waals surface area contributed by atoms with Crippen molar-refractivity contribution in [2.24, 2.45) is 5.84 Å². The maximum absolute atomic E-state index is 5.99. The van der Waals surface area contributed by atoms with Crippen molar-refractivity contribution in [2.75, 3.05) is 6.54 Å². The minimum Gasteiger partial charge on any atom is -0.489 e. The van der Waals surface area contributed by atoms with E-state index in [0.29, 0.717) is 18.3 Å². The molecule has 0 aliphatic heterocycles. The maximum atomic E-state index is 5.99. The Bertz CT molecular complexity index is 652. The SMILES string of the molecule is CCN(Cc1cc(Br)ccc1OCc1ccccc1)C(=S)NN. The van der Waals surface area contributed by atoms with Crippen LogP contribution in [0, 0.1) is 0 Å². The Labute approximate surface area is 150 Å². The lowest BCUT2D eigenvalue weighted by Gasteiger charge is -2.24. The van der Waals surface area contributed by atoms with Crippen LogP contribution in [0.3, 0.4) is 0 Å². The minimum absolute atomic E-state index is 0.515. The van der Waals surface area contributed by atoms with Gasteiger partial charge < -0.3 is 15.1 Å². The fourth-order valence-electron chi connectivity index (χ4n) is 2.17. The average molecular weight is 394 g/mol. The predicted octanol–water partition coefficient (Wildman–Crippen LogP) is 3.60. The lowest BCUT2D eigenvalue weighted by Crippen LogP contribution is -2.42. The summed E-state index contributed by atoms with van der Waals surface area (Å²) in [7, 11) is 0. The van der Waals surface area contributed by atoms with Crippen LogP contribution < -0.4 is 16.0 Å². The molecule has 23 heavy (non-hydrogen) atoms. The van der Waals surface area contributed by atoms with Crippen molar-refractivity contribution in [3.8, 4) is 5.75 Å². The van der Waals surface area contributed by atoms with Crippen LogP contribution in [0.2, 0.25) is 0 Å². The summed E-state index contributed by atoms with van der Waals surface area (Å²) in [5.74, 6) is 6.27. The quantitative estimate of drug-likeness (QED) is 0.446. The Morgan fingerprint density at radius 1 is 1.26 bits per heavy atom. The van der Waals surface area contributed by atoms with E-state index in [2.05, 4.69) is 21.4 Å². The Morgan fingerprint density at radius 3 is 2.65 bits per heavy atom. The van der Waals surface area contributed by atoms with Crippen molar-refractivity contribution in [2.45, 2.75) is 20.1 Å². The number of hydrogen-bond donors (Lipinski definition) is 2. The van der Waals surface area contributed by atoms with E-state index in [4.69, 9.17) is 22.8 Å². The predicted molar refractivity (Wildman–Crippen MR) is 101 cm³/mol. The third-order valence-electron chi connectivity index (χ3n) is 3.41. The van der Waals surface area contributed by atoms with Crippen LogP contribution in [0.4, 0.5) is 0 Å². The Hall–Kier alpha value is -1.63. The van der Waals surface area contributed by atoms with E-state index in [1.165, 1.54) is 0 Å². The number of halogens is 1. The van der Waals surface area contributed by atoms with Crippen molar-refractivity contribution in [3.63, 3.8) is 0 Å². The molecule has 0 saturated carbocycles. The lowest BCUT2D eigenvalue weighted by atomic mass is 10.2. The monoisotopic (exact) mass is 393 g/mol. The molecule has 2 rings (SSSR count). The Kier molecular flexibility index (Phi) is 6.83. The van der Waals surface area contributed by atoms with Gasteiger partial charge in [0.15, 0.2) is 5.11 Å². The van der Waals surface area contributed by atoms with Crippen molar-refractivity contribution in [1.82, 2.24) is 10.3 Å². The summed E-state index contributed by atoms with van der Waals surface area (Å²) in [5.41, 5.74) is 4.72. The Morgan fingerprint density at radius 2 is 2.00 bits per heavy atom. The molecule has 0 spiro atoms. The largest absolute Gasteiger partial charge is 0.489 e. The summed E-state index contributed by atoms with van der Waals surface area (Å²) in [5, 5.41) is 0.515. The molecule has 0 amide bonds. The van der Waals surface area contributed by atoms with Crippen LogP contribution in [-0.4, -0.2) is 16.6 Å². The lowest BCUT2D eigenvalue weighted by molar-refractivity contribution is 0.297. The van der Waals surface area contributed by atoms with Gasteiger partial charge >= 0.3 is 0 Å². The van der Waals surface area contributed by atoms with Gasteiger partial charge in [0.25, 0.3) is 0 Å². The number of nitrogens with zero attached hydrogens (tertiary/aromatic N) is 1. The molecule has 0 fully saturated rings. The molecule has 0 aliphatic rings. The van der Waals surface area contributed by atoms with Crippen molar-refractivity contribution in [3.05, 3.63) is 64.1 Å². The topological polar surface area (TPSA) is 50.5 Å². The third-order valence-corrected chi connectivity index (χ3v) is 4.28. The third kappa shape index (κ3) is 5.20. The molecule has 6 heteroatoms. The van der Waals surface area contributed by atoms with E-state index in [-0.39, 0.29) is 0 Å². The Balaban J connectivity index is 2.14. The summed E-state index contributed by atoms with van der Waals surface area (Å²) in [4.78, 5) is 1.98. The smallest absolute Gasteiger partial charge is 0.183 e. The van der Waals surface area contributed by atoms with Crippen molar-refractivity contribution in [1.29, 1.82) is 0 Å². The molecule has 0 bridgehead atoms. The van der Waals surface area contributed by atoms with Gasteiger partial charge in [-0.25, -0.2) is 5.84 Å². The highest BCUT2D eigenvalue weighted by Gasteiger charge is 2.12. The van der Waals surface area contributed by atoms with Crippen LogP contribution in [0.1, 0.15) is 18.1 Å². The standard InChI is InChI=1S/C17H20BrN3OS/c1-2-21(17(23)20-19)11-14-10-15(18)8-9-16(14)22-12-13-6-4-3-5-7-13/h3-10H,2,11-12,19H2,1H3,(H,20,23).